The molecule has 2 aromatic rings. The number of aryl methyl sites for hydroxylation is 1. The van der Waals surface area contributed by atoms with Gasteiger partial charge in [-0.15, -0.1) is 0 Å². The van der Waals surface area contributed by atoms with E-state index in [9.17, 15) is 4.39 Å². The van der Waals surface area contributed by atoms with Gasteiger partial charge in [0.1, 0.15) is 11.6 Å². The van der Waals surface area contributed by atoms with Gasteiger partial charge in [0.05, 0.1) is 5.52 Å². The summed E-state index contributed by atoms with van der Waals surface area (Å²) in [5.41, 5.74) is 1.46. The van der Waals surface area contributed by atoms with Crippen molar-refractivity contribution in [2.45, 2.75) is 13.8 Å². The van der Waals surface area contributed by atoms with Crippen LogP contribution in [0.2, 0.25) is 5.28 Å². The van der Waals surface area contributed by atoms with Crippen LogP contribution in [0.1, 0.15) is 12.5 Å². The Bertz CT molecular complexity index is 571. The first-order valence-electron chi connectivity index (χ1n) is 5.37. The molecule has 0 saturated heterocycles. The van der Waals surface area contributed by atoms with Gasteiger partial charge in [0.15, 0.2) is 0 Å². The Morgan fingerprint density at radius 1 is 1.35 bits per heavy atom. The van der Waals surface area contributed by atoms with Crippen LogP contribution in [0.25, 0.3) is 10.9 Å². The minimum absolute atomic E-state index is 0.183. The van der Waals surface area contributed by atoms with Crippen molar-refractivity contribution in [3.63, 3.8) is 0 Å². The van der Waals surface area contributed by atoms with E-state index in [4.69, 9.17) is 11.6 Å². The number of halogens is 2. The van der Waals surface area contributed by atoms with Crippen LogP contribution in [0.3, 0.4) is 0 Å². The van der Waals surface area contributed by atoms with Crippen molar-refractivity contribution in [2.75, 3.05) is 18.5 Å². The highest BCUT2D eigenvalue weighted by atomic mass is 35.5. The van der Waals surface area contributed by atoms with Crippen LogP contribution < -0.4 is 4.90 Å². The molecule has 0 N–H and O–H groups in total. The van der Waals surface area contributed by atoms with Crippen molar-refractivity contribution in [2.24, 2.45) is 0 Å². The van der Waals surface area contributed by atoms with Gasteiger partial charge in [0.25, 0.3) is 0 Å². The molecule has 5 heteroatoms. The first-order chi connectivity index (χ1) is 8.02. The lowest BCUT2D eigenvalue weighted by molar-refractivity contribution is 0.628. The van der Waals surface area contributed by atoms with E-state index in [1.165, 1.54) is 12.1 Å². The minimum atomic E-state index is -0.285. The average molecular weight is 254 g/mol. The molecule has 0 spiro atoms. The summed E-state index contributed by atoms with van der Waals surface area (Å²) in [5.74, 6) is 0.372. The summed E-state index contributed by atoms with van der Waals surface area (Å²) in [5, 5.41) is 0.874. The molecule has 0 amide bonds. The zero-order valence-corrected chi connectivity index (χ0v) is 10.7. The maximum atomic E-state index is 13.4. The molecule has 0 aliphatic heterocycles. The fourth-order valence-corrected chi connectivity index (χ4v) is 1.92. The molecule has 0 radical (unpaired) electrons. The number of hydrogen-bond donors (Lipinski definition) is 0. The second-order valence-electron chi connectivity index (χ2n) is 3.95. The molecular weight excluding hydrogens is 241 g/mol. The second kappa shape index (κ2) is 4.45. The van der Waals surface area contributed by atoms with Crippen LogP contribution in [0.5, 0.6) is 0 Å². The highest BCUT2D eigenvalue weighted by molar-refractivity contribution is 6.28. The monoisotopic (exact) mass is 253 g/mol. The Balaban J connectivity index is 2.82. The molecule has 17 heavy (non-hydrogen) atoms. The van der Waals surface area contributed by atoms with Crippen LogP contribution in [0, 0.1) is 12.7 Å². The maximum absolute atomic E-state index is 13.4. The van der Waals surface area contributed by atoms with Crippen molar-refractivity contribution in [3.05, 3.63) is 28.8 Å². The van der Waals surface area contributed by atoms with Crippen molar-refractivity contribution in [1.82, 2.24) is 9.97 Å². The first kappa shape index (κ1) is 12.0. The maximum Gasteiger partial charge on any atom is 0.224 e. The largest absolute Gasteiger partial charge is 0.359 e. The molecule has 3 nitrogen and oxygen atoms in total. The standard InChI is InChI=1S/C12H13ClFN3/c1-4-17(3)11-9-6-8(14)5-7(2)10(9)15-12(13)16-11/h5-6H,4H2,1-3H3. The highest BCUT2D eigenvalue weighted by Gasteiger charge is 2.12. The predicted molar refractivity (Wildman–Crippen MR) is 68.2 cm³/mol. The van der Waals surface area contributed by atoms with Crippen molar-refractivity contribution in [1.29, 1.82) is 0 Å². The zero-order chi connectivity index (χ0) is 12.6. The van der Waals surface area contributed by atoms with Gasteiger partial charge in [0, 0.05) is 19.0 Å². The van der Waals surface area contributed by atoms with Gasteiger partial charge in [-0.25, -0.2) is 9.37 Å². The molecule has 0 saturated carbocycles. The summed E-state index contributed by atoms with van der Waals surface area (Å²) < 4.78 is 13.4. The lowest BCUT2D eigenvalue weighted by atomic mass is 10.1. The van der Waals surface area contributed by atoms with Gasteiger partial charge < -0.3 is 4.90 Å². The molecule has 0 bridgehead atoms. The summed E-state index contributed by atoms with van der Waals surface area (Å²) >= 11 is 5.89. The second-order valence-corrected chi connectivity index (χ2v) is 4.29. The van der Waals surface area contributed by atoms with Crippen LogP contribution in [-0.4, -0.2) is 23.6 Å². The van der Waals surface area contributed by atoms with Gasteiger partial charge in [-0.3, -0.25) is 0 Å². The number of anilines is 1. The van der Waals surface area contributed by atoms with Crippen LogP contribution >= 0.6 is 11.6 Å². The fraction of sp³-hybridized carbons (Fsp3) is 0.333. The highest BCUT2D eigenvalue weighted by Crippen LogP contribution is 2.27. The molecule has 0 atom stereocenters. The van der Waals surface area contributed by atoms with E-state index in [0.29, 0.717) is 16.7 Å². The molecule has 0 unspecified atom stereocenters. The Morgan fingerprint density at radius 2 is 2.06 bits per heavy atom. The SMILES string of the molecule is CCN(C)c1nc(Cl)nc2c(C)cc(F)cc12. The Hall–Kier alpha value is -1.42. The minimum Gasteiger partial charge on any atom is -0.359 e. The number of aromatic nitrogens is 2. The van der Waals surface area contributed by atoms with Crippen LogP contribution in [0.4, 0.5) is 10.2 Å². The zero-order valence-electron chi connectivity index (χ0n) is 9.96. The third kappa shape index (κ3) is 2.17. The summed E-state index contributed by atoms with van der Waals surface area (Å²) in [6.45, 7) is 4.57. The Kier molecular flexibility index (Phi) is 3.15. The molecule has 2 rings (SSSR count). The van der Waals surface area contributed by atoms with Crippen molar-refractivity contribution in [3.8, 4) is 0 Å². The molecule has 1 heterocycles. The molecule has 0 aliphatic rings. The van der Waals surface area contributed by atoms with E-state index >= 15 is 0 Å². The van der Waals surface area contributed by atoms with Gasteiger partial charge in [-0.2, -0.15) is 4.98 Å². The summed E-state index contributed by atoms with van der Waals surface area (Å²) in [6.07, 6.45) is 0. The first-order valence-corrected chi connectivity index (χ1v) is 5.75. The topological polar surface area (TPSA) is 29.0 Å². The number of rotatable bonds is 2. The number of fused-ring (bicyclic) bond motifs is 1. The smallest absolute Gasteiger partial charge is 0.224 e. The molecule has 0 fully saturated rings. The summed E-state index contributed by atoms with van der Waals surface area (Å²) in [7, 11) is 1.89. The Labute approximate surface area is 104 Å². The lowest BCUT2D eigenvalue weighted by Crippen LogP contribution is -2.18. The van der Waals surface area contributed by atoms with Gasteiger partial charge in [-0.1, -0.05) is 0 Å². The Morgan fingerprint density at radius 3 is 2.71 bits per heavy atom. The average Bonchev–Trinajstić information content (AvgIpc) is 2.28. The van der Waals surface area contributed by atoms with E-state index in [-0.39, 0.29) is 11.1 Å². The van der Waals surface area contributed by atoms with Crippen molar-refractivity contribution >= 4 is 28.3 Å². The predicted octanol–water partition coefficient (Wildman–Crippen LogP) is 3.19. The number of benzene rings is 1. The quantitative estimate of drug-likeness (QED) is 0.770. The van der Waals surface area contributed by atoms with E-state index < -0.39 is 0 Å². The third-order valence-corrected chi connectivity index (χ3v) is 2.91. The molecule has 0 aliphatic carbocycles. The van der Waals surface area contributed by atoms with E-state index in [1.807, 2.05) is 25.8 Å². The van der Waals surface area contributed by atoms with E-state index in [1.54, 1.807) is 0 Å². The van der Waals surface area contributed by atoms with E-state index in [2.05, 4.69) is 9.97 Å². The summed E-state index contributed by atoms with van der Waals surface area (Å²) in [4.78, 5) is 10.2. The number of nitrogens with zero attached hydrogens (tertiary/aromatic N) is 3. The van der Waals surface area contributed by atoms with Crippen molar-refractivity contribution < 1.29 is 4.39 Å². The van der Waals surface area contributed by atoms with Crippen LogP contribution in [0.15, 0.2) is 12.1 Å². The number of hydrogen-bond acceptors (Lipinski definition) is 3. The summed E-state index contributed by atoms with van der Waals surface area (Å²) in [6, 6.07) is 2.89. The lowest BCUT2D eigenvalue weighted by Gasteiger charge is -2.18. The molecule has 1 aromatic carbocycles. The van der Waals surface area contributed by atoms with E-state index in [0.717, 1.165) is 12.1 Å². The molecule has 1 aromatic heterocycles. The fourth-order valence-electron chi connectivity index (χ4n) is 1.76. The normalized spacial score (nSPS) is 10.9. The third-order valence-electron chi connectivity index (χ3n) is 2.74. The van der Waals surface area contributed by atoms with Gasteiger partial charge >= 0.3 is 0 Å². The van der Waals surface area contributed by atoms with Gasteiger partial charge in [-0.05, 0) is 43.1 Å². The van der Waals surface area contributed by atoms with Gasteiger partial charge in [0.2, 0.25) is 5.28 Å². The molecule has 90 valence electrons. The van der Waals surface area contributed by atoms with Crippen LogP contribution in [-0.2, 0) is 0 Å². The molecular formula is C12H13ClFN3.